The fourth-order valence-corrected chi connectivity index (χ4v) is 2.52. The smallest absolute Gasteiger partial charge is 0.184 e. The van der Waals surface area contributed by atoms with E-state index in [1.165, 1.54) is 0 Å². The number of hydrogen-bond acceptors (Lipinski definition) is 2. The van der Waals surface area contributed by atoms with E-state index in [1.807, 2.05) is 45.0 Å². The Balaban J connectivity index is 2.41. The standard InChI is InChI=1S/C18H16BrNO/c1-11-4-6-14(8-13(11)3)16(10-20)18(21)15-7-5-12(2)17(19)9-15/h4-9,16H,1-3H3. The molecule has 0 aliphatic heterocycles. The second-order valence-electron chi connectivity index (χ2n) is 5.23. The summed E-state index contributed by atoms with van der Waals surface area (Å²) in [7, 11) is 0. The number of aryl methyl sites for hydroxylation is 3. The second-order valence-corrected chi connectivity index (χ2v) is 6.09. The molecule has 1 atom stereocenters. The van der Waals surface area contributed by atoms with E-state index < -0.39 is 5.92 Å². The molecule has 21 heavy (non-hydrogen) atoms. The molecule has 2 aromatic rings. The lowest BCUT2D eigenvalue weighted by molar-refractivity contribution is 0.0979. The maximum absolute atomic E-state index is 12.6. The molecule has 0 saturated heterocycles. The highest BCUT2D eigenvalue weighted by Crippen LogP contribution is 2.25. The summed E-state index contributed by atoms with van der Waals surface area (Å²) in [6.45, 7) is 5.96. The minimum absolute atomic E-state index is 0.165. The zero-order chi connectivity index (χ0) is 15.6. The molecule has 2 rings (SSSR count). The average molecular weight is 342 g/mol. The number of Topliss-reactive ketones (excluding diaryl/α,β-unsaturated/α-hetero) is 1. The summed E-state index contributed by atoms with van der Waals surface area (Å²) in [5.74, 6) is -0.930. The Morgan fingerprint density at radius 3 is 2.29 bits per heavy atom. The summed E-state index contributed by atoms with van der Waals surface area (Å²) >= 11 is 3.43. The first-order valence-electron chi connectivity index (χ1n) is 6.71. The fraction of sp³-hybridized carbons (Fsp3) is 0.222. The molecule has 0 heterocycles. The van der Waals surface area contributed by atoms with Crippen LogP contribution in [0.3, 0.4) is 0 Å². The third-order valence-electron chi connectivity index (χ3n) is 3.71. The normalized spacial score (nSPS) is 11.8. The van der Waals surface area contributed by atoms with Crippen molar-refractivity contribution >= 4 is 21.7 Å². The lowest BCUT2D eigenvalue weighted by Gasteiger charge is -2.11. The van der Waals surface area contributed by atoms with E-state index in [9.17, 15) is 10.1 Å². The van der Waals surface area contributed by atoms with E-state index in [4.69, 9.17) is 0 Å². The lowest BCUT2D eigenvalue weighted by atomic mass is 9.90. The maximum Gasteiger partial charge on any atom is 0.184 e. The van der Waals surface area contributed by atoms with Crippen LogP contribution in [0.4, 0.5) is 0 Å². The molecular weight excluding hydrogens is 326 g/mol. The number of halogens is 1. The molecular formula is C18H16BrNO. The highest BCUT2D eigenvalue weighted by molar-refractivity contribution is 9.10. The first-order chi connectivity index (χ1) is 9.93. The van der Waals surface area contributed by atoms with Crippen LogP contribution in [-0.2, 0) is 0 Å². The molecule has 0 amide bonds. The molecule has 0 aromatic heterocycles. The molecule has 0 aliphatic rings. The third kappa shape index (κ3) is 3.22. The molecule has 0 spiro atoms. The summed E-state index contributed by atoms with van der Waals surface area (Å²) in [5, 5.41) is 9.41. The number of hydrogen-bond donors (Lipinski definition) is 0. The molecule has 0 bridgehead atoms. The van der Waals surface area contributed by atoms with Gasteiger partial charge >= 0.3 is 0 Å². The highest BCUT2D eigenvalue weighted by Gasteiger charge is 2.22. The summed E-state index contributed by atoms with van der Waals surface area (Å²) in [4.78, 5) is 12.6. The molecule has 0 fully saturated rings. The van der Waals surface area contributed by atoms with Crippen LogP contribution in [0.2, 0.25) is 0 Å². The van der Waals surface area contributed by atoms with Crippen molar-refractivity contribution in [1.29, 1.82) is 5.26 Å². The van der Waals surface area contributed by atoms with Crippen molar-refractivity contribution in [3.05, 3.63) is 68.7 Å². The first-order valence-corrected chi connectivity index (χ1v) is 7.50. The highest BCUT2D eigenvalue weighted by atomic mass is 79.9. The molecule has 3 heteroatoms. The molecule has 0 saturated carbocycles. The molecule has 2 nitrogen and oxygen atoms in total. The molecule has 0 aliphatic carbocycles. The van der Waals surface area contributed by atoms with E-state index in [1.54, 1.807) is 12.1 Å². The van der Waals surface area contributed by atoms with Gasteiger partial charge in [0.1, 0.15) is 5.92 Å². The molecule has 2 aromatic carbocycles. The SMILES string of the molecule is Cc1ccc(C(C#N)C(=O)c2ccc(C)c(Br)c2)cc1C. The van der Waals surface area contributed by atoms with Gasteiger partial charge in [-0.25, -0.2) is 0 Å². The Bertz CT molecular complexity index is 743. The summed E-state index contributed by atoms with van der Waals surface area (Å²) in [6.07, 6.45) is 0. The van der Waals surface area contributed by atoms with Crippen LogP contribution < -0.4 is 0 Å². The first kappa shape index (κ1) is 15.5. The Morgan fingerprint density at radius 1 is 1.05 bits per heavy atom. The van der Waals surface area contributed by atoms with Crippen molar-refractivity contribution in [3.8, 4) is 6.07 Å². The average Bonchev–Trinajstić information content (AvgIpc) is 2.46. The van der Waals surface area contributed by atoms with E-state index in [2.05, 4.69) is 22.0 Å². The van der Waals surface area contributed by atoms with Crippen LogP contribution in [-0.4, -0.2) is 5.78 Å². The number of carbonyl (C=O) groups is 1. The van der Waals surface area contributed by atoms with E-state index in [0.717, 1.165) is 26.7 Å². The van der Waals surface area contributed by atoms with Crippen molar-refractivity contribution in [2.24, 2.45) is 0 Å². The number of ketones is 1. The van der Waals surface area contributed by atoms with Crippen LogP contribution in [0.25, 0.3) is 0 Å². The monoisotopic (exact) mass is 341 g/mol. The Labute approximate surface area is 133 Å². The largest absolute Gasteiger partial charge is 0.292 e. The van der Waals surface area contributed by atoms with Gasteiger partial charge in [-0.3, -0.25) is 4.79 Å². The second kappa shape index (κ2) is 6.24. The van der Waals surface area contributed by atoms with Gasteiger partial charge in [-0.05, 0) is 49.1 Å². The summed E-state index contributed by atoms with van der Waals surface area (Å²) < 4.78 is 0.880. The molecule has 106 valence electrons. The molecule has 0 N–H and O–H groups in total. The number of nitriles is 1. The third-order valence-corrected chi connectivity index (χ3v) is 4.57. The van der Waals surface area contributed by atoms with Gasteiger partial charge < -0.3 is 0 Å². The lowest BCUT2D eigenvalue weighted by Crippen LogP contribution is -2.11. The van der Waals surface area contributed by atoms with Crippen molar-refractivity contribution in [2.45, 2.75) is 26.7 Å². The van der Waals surface area contributed by atoms with Gasteiger partial charge in [0.2, 0.25) is 0 Å². The van der Waals surface area contributed by atoms with Gasteiger partial charge in [-0.2, -0.15) is 5.26 Å². The van der Waals surface area contributed by atoms with Crippen molar-refractivity contribution in [2.75, 3.05) is 0 Å². The Kier molecular flexibility index (Phi) is 4.59. The predicted octanol–water partition coefficient (Wildman–Crippen LogP) is 4.86. The van der Waals surface area contributed by atoms with Crippen molar-refractivity contribution in [1.82, 2.24) is 0 Å². The number of benzene rings is 2. The maximum atomic E-state index is 12.6. The van der Waals surface area contributed by atoms with Crippen molar-refractivity contribution in [3.63, 3.8) is 0 Å². The zero-order valence-electron chi connectivity index (χ0n) is 12.3. The zero-order valence-corrected chi connectivity index (χ0v) is 13.9. The Morgan fingerprint density at radius 2 is 1.71 bits per heavy atom. The Hall–Kier alpha value is -1.92. The molecule has 0 radical (unpaired) electrons. The van der Waals surface area contributed by atoms with Crippen LogP contribution in [0.1, 0.15) is 38.5 Å². The fourth-order valence-electron chi connectivity index (χ4n) is 2.14. The number of rotatable bonds is 3. The van der Waals surface area contributed by atoms with Gasteiger partial charge in [0.15, 0.2) is 5.78 Å². The van der Waals surface area contributed by atoms with Crippen LogP contribution in [0, 0.1) is 32.1 Å². The van der Waals surface area contributed by atoms with E-state index in [-0.39, 0.29) is 5.78 Å². The van der Waals surface area contributed by atoms with Gasteiger partial charge in [-0.15, -0.1) is 0 Å². The van der Waals surface area contributed by atoms with Gasteiger partial charge in [-0.1, -0.05) is 46.3 Å². The number of carbonyl (C=O) groups excluding carboxylic acids is 1. The predicted molar refractivity (Wildman–Crippen MR) is 87.5 cm³/mol. The van der Waals surface area contributed by atoms with Crippen LogP contribution >= 0.6 is 15.9 Å². The van der Waals surface area contributed by atoms with Gasteiger partial charge in [0.25, 0.3) is 0 Å². The van der Waals surface area contributed by atoms with Gasteiger partial charge in [0, 0.05) is 10.0 Å². The van der Waals surface area contributed by atoms with E-state index in [0.29, 0.717) is 5.56 Å². The quantitative estimate of drug-likeness (QED) is 0.747. The number of nitrogens with zero attached hydrogens (tertiary/aromatic N) is 1. The van der Waals surface area contributed by atoms with Crippen LogP contribution in [0.15, 0.2) is 40.9 Å². The molecule has 1 unspecified atom stereocenters. The summed E-state index contributed by atoms with van der Waals surface area (Å²) in [6, 6.07) is 13.3. The summed E-state index contributed by atoms with van der Waals surface area (Å²) in [5.41, 5.74) is 4.61. The van der Waals surface area contributed by atoms with E-state index >= 15 is 0 Å². The topological polar surface area (TPSA) is 40.9 Å². The minimum Gasteiger partial charge on any atom is -0.292 e. The van der Waals surface area contributed by atoms with Crippen molar-refractivity contribution < 1.29 is 4.79 Å². The van der Waals surface area contributed by atoms with Crippen LogP contribution in [0.5, 0.6) is 0 Å². The van der Waals surface area contributed by atoms with Gasteiger partial charge in [0.05, 0.1) is 6.07 Å². The minimum atomic E-state index is -0.765.